The standard InChI is InChI=1S/C33H46N4O4/c1-7-37(25-17-19-36(20-18-25)32(39)41-33(3,4)5)29-16-12-15-27-26(29)14-11-9-8-10-13-24-21-23(2)35-31(40-6)28(24)22-34-30(27)38/h9,11-12,15-16,21,25H,7-8,10,13-14,17-20,22H2,1-6H3,(H,34,38)/b11-9-. The third-order valence-corrected chi connectivity index (χ3v) is 7.83. The first-order valence-corrected chi connectivity index (χ1v) is 14.9. The molecule has 2 amide bonds. The molecule has 8 nitrogen and oxygen atoms in total. The van der Waals surface area contributed by atoms with E-state index < -0.39 is 5.60 Å². The van der Waals surface area contributed by atoms with Crippen LogP contribution in [0.1, 0.15) is 86.1 Å². The van der Waals surface area contributed by atoms with Crippen molar-refractivity contribution in [2.75, 3.05) is 31.6 Å². The van der Waals surface area contributed by atoms with Crippen LogP contribution in [-0.4, -0.2) is 60.3 Å². The maximum atomic E-state index is 13.7. The molecule has 1 N–H and O–H groups in total. The molecule has 0 radical (unpaired) electrons. The second kappa shape index (κ2) is 13.4. The Morgan fingerprint density at radius 1 is 1.17 bits per heavy atom. The number of fused-ring (bicyclic) bond motifs is 2. The summed E-state index contributed by atoms with van der Waals surface area (Å²) >= 11 is 0. The van der Waals surface area contributed by atoms with Crippen LogP contribution in [0.2, 0.25) is 0 Å². The van der Waals surface area contributed by atoms with Gasteiger partial charge in [-0.05, 0) is 102 Å². The molecule has 2 aliphatic rings. The summed E-state index contributed by atoms with van der Waals surface area (Å²) in [6, 6.07) is 8.41. The van der Waals surface area contributed by atoms with Gasteiger partial charge < -0.3 is 24.6 Å². The number of anilines is 1. The second-order valence-corrected chi connectivity index (χ2v) is 11.9. The summed E-state index contributed by atoms with van der Waals surface area (Å²) in [6.07, 6.45) is 9.44. The lowest BCUT2D eigenvalue weighted by Gasteiger charge is -2.40. The van der Waals surface area contributed by atoms with Crippen LogP contribution in [0.5, 0.6) is 5.88 Å². The van der Waals surface area contributed by atoms with E-state index in [0.717, 1.165) is 61.2 Å². The Bertz CT molecular complexity index is 1260. The number of amides is 2. The molecule has 0 aliphatic carbocycles. The van der Waals surface area contributed by atoms with Crippen LogP contribution in [0.25, 0.3) is 0 Å². The zero-order valence-electron chi connectivity index (χ0n) is 25.6. The van der Waals surface area contributed by atoms with E-state index >= 15 is 0 Å². The molecule has 0 unspecified atom stereocenters. The van der Waals surface area contributed by atoms with Gasteiger partial charge in [0.2, 0.25) is 5.88 Å². The van der Waals surface area contributed by atoms with Crippen molar-refractivity contribution in [3.8, 4) is 5.88 Å². The minimum absolute atomic E-state index is 0.0983. The van der Waals surface area contributed by atoms with Crippen molar-refractivity contribution in [3.63, 3.8) is 0 Å². The highest BCUT2D eigenvalue weighted by Gasteiger charge is 2.30. The van der Waals surface area contributed by atoms with Gasteiger partial charge in [-0.3, -0.25) is 4.79 Å². The topological polar surface area (TPSA) is 84.0 Å². The minimum Gasteiger partial charge on any atom is -0.481 e. The minimum atomic E-state index is -0.505. The molecule has 0 bridgehead atoms. The van der Waals surface area contributed by atoms with E-state index in [4.69, 9.17) is 9.47 Å². The van der Waals surface area contributed by atoms with Crippen molar-refractivity contribution in [2.24, 2.45) is 0 Å². The Kier molecular flexibility index (Phi) is 9.94. The molecule has 1 aromatic heterocycles. The fourth-order valence-electron chi connectivity index (χ4n) is 5.89. The fourth-order valence-corrected chi connectivity index (χ4v) is 5.89. The summed E-state index contributed by atoms with van der Waals surface area (Å²) in [6.45, 7) is 12.3. The maximum absolute atomic E-state index is 13.7. The van der Waals surface area contributed by atoms with Gasteiger partial charge in [0, 0.05) is 54.7 Å². The van der Waals surface area contributed by atoms with E-state index in [2.05, 4.69) is 46.4 Å². The number of aromatic nitrogens is 1. The number of ether oxygens (including phenoxy) is 2. The van der Waals surface area contributed by atoms with Crippen molar-refractivity contribution < 1.29 is 19.1 Å². The van der Waals surface area contributed by atoms with Crippen LogP contribution in [-0.2, 0) is 24.1 Å². The predicted molar refractivity (Wildman–Crippen MR) is 163 cm³/mol. The number of likely N-dealkylation sites (tertiary alicyclic amines) is 1. The van der Waals surface area contributed by atoms with Crippen molar-refractivity contribution in [3.05, 3.63) is 64.4 Å². The maximum Gasteiger partial charge on any atom is 0.410 e. The molecule has 2 aromatic rings. The molecule has 8 heteroatoms. The molecule has 0 saturated carbocycles. The number of methoxy groups -OCH3 is 1. The Morgan fingerprint density at radius 3 is 2.61 bits per heavy atom. The normalized spacial score (nSPS) is 17.6. The van der Waals surface area contributed by atoms with Gasteiger partial charge >= 0.3 is 6.09 Å². The number of benzene rings is 1. The Balaban J connectivity index is 1.59. The first-order valence-electron chi connectivity index (χ1n) is 14.9. The van der Waals surface area contributed by atoms with Gasteiger partial charge in [0.15, 0.2) is 0 Å². The van der Waals surface area contributed by atoms with Gasteiger partial charge in [0.05, 0.1) is 7.11 Å². The molecular weight excluding hydrogens is 516 g/mol. The van der Waals surface area contributed by atoms with Gasteiger partial charge in [-0.1, -0.05) is 18.2 Å². The first-order chi connectivity index (χ1) is 19.6. The highest BCUT2D eigenvalue weighted by molar-refractivity contribution is 5.97. The molecule has 1 aromatic carbocycles. The number of carbonyl (C=O) groups is 2. The number of carbonyl (C=O) groups excluding carboxylic acids is 2. The second-order valence-electron chi connectivity index (χ2n) is 11.9. The summed E-state index contributed by atoms with van der Waals surface area (Å²) < 4.78 is 11.2. The summed E-state index contributed by atoms with van der Waals surface area (Å²) in [5, 5.41) is 3.17. The highest BCUT2D eigenvalue weighted by atomic mass is 16.6. The molecule has 1 saturated heterocycles. The number of nitrogens with one attached hydrogen (secondary N) is 1. The van der Waals surface area contributed by atoms with Crippen molar-refractivity contribution >= 4 is 17.7 Å². The average Bonchev–Trinajstić information content (AvgIpc) is 2.94. The van der Waals surface area contributed by atoms with E-state index in [1.807, 2.05) is 44.7 Å². The Labute approximate surface area is 245 Å². The van der Waals surface area contributed by atoms with Gasteiger partial charge in [-0.15, -0.1) is 0 Å². The lowest BCUT2D eigenvalue weighted by molar-refractivity contribution is 0.0204. The van der Waals surface area contributed by atoms with Crippen LogP contribution in [0.3, 0.4) is 0 Å². The van der Waals surface area contributed by atoms with Crippen LogP contribution in [0.15, 0.2) is 36.4 Å². The van der Waals surface area contributed by atoms with Crippen LogP contribution in [0, 0.1) is 6.92 Å². The van der Waals surface area contributed by atoms with Crippen molar-refractivity contribution in [1.82, 2.24) is 15.2 Å². The van der Waals surface area contributed by atoms with Crippen molar-refractivity contribution in [1.29, 1.82) is 0 Å². The molecule has 222 valence electrons. The number of hydrogen-bond donors (Lipinski definition) is 1. The zero-order valence-corrected chi connectivity index (χ0v) is 25.6. The molecular formula is C33H46N4O4. The van der Waals surface area contributed by atoms with E-state index in [-0.39, 0.29) is 18.0 Å². The molecule has 4 rings (SSSR count). The van der Waals surface area contributed by atoms with Gasteiger partial charge in [-0.2, -0.15) is 0 Å². The number of hydrogen-bond acceptors (Lipinski definition) is 6. The Morgan fingerprint density at radius 2 is 1.93 bits per heavy atom. The summed E-state index contributed by atoms with van der Waals surface area (Å²) in [5.74, 6) is 0.480. The molecule has 41 heavy (non-hydrogen) atoms. The SMILES string of the molecule is CCN(c1cccc2c1C/C=C\CCCc1cc(C)nc(OC)c1CNC2=O)C1CCN(C(=O)OC(C)(C)C)CC1. The summed E-state index contributed by atoms with van der Waals surface area (Å²) in [7, 11) is 1.63. The third-order valence-electron chi connectivity index (χ3n) is 7.83. The van der Waals surface area contributed by atoms with Crippen molar-refractivity contribution in [2.45, 2.75) is 91.3 Å². The summed E-state index contributed by atoms with van der Waals surface area (Å²) in [4.78, 5) is 35.1. The molecule has 0 spiro atoms. The molecule has 2 aliphatic heterocycles. The first kappa shape index (κ1) is 30.4. The average molecular weight is 563 g/mol. The molecule has 1 fully saturated rings. The molecule has 0 atom stereocenters. The van der Waals surface area contributed by atoms with E-state index in [1.165, 1.54) is 5.56 Å². The van der Waals surface area contributed by atoms with Gasteiger partial charge in [0.1, 0.15) is 5.60 Å². The fraction of sp³-hybridized carbons (Fsp3) is 0.545. The largest absolute Gasteiger partial charge is 0.481 e. The highest BCUT2D eigenvalue weighted by Crippen LogP contribution is 2.31. The number of pyridine rings is 1. The number of allylic oxidation sites excluding steroid dienone is 2. The molecule has 3 heterocycles. The predicted octanol–water partition coefficient (Wildman–Crippen LogP) is 5.99. The smallest absolute Gasteiger partial charge is 0.410 e. The summed E-state index contributed by atoms with van der Waals surface area (Å²) in [5.41, 5.74) is 5.34. The third kappa shape index (κ3) is 7.60. The Hall–Kier alpha value is -3.55. The quantitative estimate of drug-likeness (QED) is 0.461. The van der Waals surface area contributed by atoms with E-state index in [0.29, 0.717) is 37.5 Å². The van der Waals surface area contributed by atoms with E-state index in [9.17, 15) is 9.59 Å². The zero-order chi connectivity index (χ0) is 29.6. The lowest BCUT2D eigenvalue weighted by Crippen LogP contribution is -2.48. The van der Waals surface area contributed by atoms with E-state index in [1.54, 1.807) is 7.11 Å². The van der Waals surface area contributed by atoms with Crippen LogP contribution in [0.4, 0.5) is 10.5 Å². The van der Waals surface area contributed by atoms with Gasteiger partial charge in [-0.25, -0.2) is 9.78 Å². The van der Waals surface area contributed by atoms with Crippen LogP contribution < -0.4 is 15.0 Å². The number of nitrogens with zero attached hydrogens (tertiary/aromatic N) is 3. The van der Waals surface area contributed by atoms with Gasteiger partial charge in [0.25, 0.3) is 5.91 Å². The number of piperidine rings is 1. The number of rotatable bonds is 4. The van der Waals surface area contributed by atoms with Crippen LogP contribution >= 0.6 is 0 Å². The lowest BCUT2D eigenvalue weighted by atomic mass is 9.96. The number of aryl methyl sites for hydroxylation is 2. The monoisotopic (exact) mass is 562 g/mol.